The Bertz CT molecular complexity index is 1480. The number of amides is 4. The molecule has 0 aromatic heterocycles. The SMILES string of the molecule is CCc1cc(C(=O)NCCC[C@H]2OC[C@H](N3C(=O)c4ccccc4C3=O)CO2)cc(C(=O)NC)c1OCCc1ccccc1. The van der Waals surface area contributed by atoms with Crippen molar-refractivity contribution in [1.29, 1.82) is 0 Å². The summed E-state index contributed by atoms with van der Waals surface area (Å²) in [6.45, 7) is 3.10. The summed E-state index contributed by atoms with van der Waals surface area (Å²) in [4.78, 5) is 52.5. The highest BCUT2D eigenvalue weighted by atomic mass is 16.7. The maximum atomic E-state index is 13.1. The molecule has 10 nitrogen and oxygen atoms in total. The molecule has 1 fully saturated rings. The zero-order valence-electron chi connectivity index (χ0n) is 25.0. The summed E-state index contributed by atoms with van der Waals surface area (Å²) in [5, 5.41) is 5.56. The number of nitrogens with zero attached hydrogens (tertiary/aromatic N) is 1. The maximum Gasteiger partial charge on any atom is 0.261 e. The molecule has 2 aliphatic heterocycles. The van der Waals surface area contributed by atoms with Crippen LogP contribution in [0.2, 0.25) is 0 Å². The van der Waals surface area contributed by atoms with Gasteiger partial charge in [-0.2, -0.15) is 0 Å². The van der Waals surface area contributed by atoms with E-state index in [1.807, 2.05) is 37.3 Å². The van der Waals surface area contributed by atoms with Gasteiger partial charge in [0.05, 0.1) is 42.6 Å². The first-order valence-electron chi connectivity index (χ1n) is 14.9. The number of carbonyl (C=O) groups excluding carboxylic acids is 4. The van der Waals surface area contributed by atoms with E-state index in [-0.39, 0.29) is 36.8 Å². The van der Waals surface area contributed by atoms with E-state index in [9.17, 15) is 19.2 Å². The summed E-state index contributed by atoms with van der Waals surface area (Å²) in [7, 11) is 1.55. The lowest BCUT2D eigenvalue weighted by molar-refractivity contribution is -0.199. The first kappa shape index (κ1) is 30.9. The van der Waals surface area contributed by atoms with E-state index in [0.29, 0.717) is 66.8 Å². The van der Waals surface area contributed by atoms with Crippen molar-refractivity contribution in [2.75, 3.05) is 33.4 Å². The fourth-order valence-electron chi connectivity index (χ4n) is 5.43. The van der Waals surface area contributed by atoms with Crippen LogP contribution in [-0.4, -0.2) is 74.3 Å². The van der Waals surface area contributed by atoms with Gasteiger partial charge in [0.2, 0.25) is 0 Å². The third-order valence-electron chi connectivity index (χ3n) is 7.80. The van der Waals surface area contributed by atoms with Crippen molar-refractivity contribution in [2.24, 2.45) is 0 Å². The molecule has 0 atom stereocenters. The highest BCUT2D eigenvalue weighted by molar-refractivity contribution is 6.21. The molecule has 2 heterocycles. The molecule has 0 aliphatic carbocycles. The predicted octanol–water partition coefficient (Wildman–Crippen LogP) is 3.78. The van der Waals surface area contributed by atoms with Crippen molar-refractivity contribution in [1.82, 2.24) is 15.5 Å². The number of carbonyl (C=O) groups is 4. The molecular weight excluding hydrogens is 562 g/mol. The second kappa shape index (κ2) is 14.3. The average molecular weight is 600 g/mol. The fourth-order valence-corrected chi connectivity index (χ4v) is 5.43. The molecule has 0 bridgehead atoms. The van der Waals surface area contributed by atoms with E-state index in [1.165, 1.54) is 4.90 Å². The Hall–Kier alpha value is -4.54. The third-order valence-corrected chi connectivity index (χ3v) is 7.80. The lowest BCUT2D eigenvalue weighted by Crippen LogP contribution is -2.49. The number of hydrogen-bond donors (Lipinski definition) is 2. The van der Waals surface area contributed by atoms with Gasteiger partial charge in [-0.25, -0.2) is 0 Å². The minimum Gasteiger partial charge on any atom is -0.492 e. The highest BCUT2D eigenvalue weighted by Gasteiger charge is 2.41. The number of ether oxygens (including phenoxy) is 3. The second-order valence-corrected chi connectivity index (χ2v) is 10.7. The van der Waals surface area contributed by atoms with Crippen molar-refractivity contribution in [2.45, 2.75) is 44.9 Å². The molecule has 3 aromatic carbocycles. The molecule has 1 saturated heterocycles. The zero-order chi connectivity index (χ0) is 31.1. The first-order chi connectivity index (χ1) is 21.4. The summed E-state index contributed by atoms with van der Waals surface area (Å²) >= 11 is 0. The third kappa shape index (κ3) is 6.82. The normalized spacial score (nSPS) is 17.7. The zero-order valence-corrected chi connectivity index (χ0v) is 25.0. The maximum absolute atomic E-state index is 13.1. The molecule has 4 amide bonds. The van der Waals surface area contributed by atoms with Gasteiger partial charge < -0.3 is 24.8 Å². The molecule has 3 aromatic rings. The highest BCUT2D eigenvalue weighted by Crippen LogP contribution is 2.28. The van der Waals surface area contributed by atoms with Gasteiger partial charge >= 0.3 is 0 Å². The monoisotopic (exact) mass is 599 g/mol. The van der Waals surface area contributed by atoms with E-state index in [2.05, 4.69) is 10.6 Å². The van der Waals surface area contributed by atoms with Crippen molar-refractivity contribution >= 4 is 23.6 Å². The Kier molecular flexibility index (Phi) is 10.0. The van der Waals surface area contributed by atoms with E-state index in [0.717, 1.165) is 11.1 Å². The van der Waals surface area contributed by atoms with Crippen LogP contribution in [-0.2, 0) is 22.3 Å². The summed E-state index contributed by atoms with van der Waals surface area (Å²) in [6.07, 6.45) is 1.88. The van der Waals surface area contributed by atoms with Crippen molar-refractivity contribution < 1.29 is 33.4 Å². The first-order valence-corrected chi connectivity index (χ1v) is 14.9. The summed E-state index contributed by atoms with van der Waals surface area (Å²) in [5.74, 6) is -0.791. The van der Waals surface area contributed by atoms with Gasteiger partial charge in [-0.1, -0.05) is 49.4 Å². The minimum absolute atomic E-state index is 0.185. The summed E-state index contributed by atoms with van der Waals surface area (Å²) < 4.78 is 17.7. The molecule has 0 unspecified atom stereocenters. The van der Waals surface area contributed by atoms with E-state index < -0.39 is 12.3 Å². The lowest BCUT2D eigenvalue weighted by atomic mass is 10.0. The topological polar surface area (TPSA) is 123 Å². The van der Waals surface area contributed by atoms with Crippen molar-refractivity contribution in [3.63, 3.8) is 0 Å². The second-order valence-electron chi connectivity index (χ2n) is 10.7. The molecule has 0 radical (unpaired) electrons. The Morgan fingerprint density at radius 3 is 2.23 bits per heavy atom. The number of aryl methyl sites for hydroxylation is 1. The van der Waals surface area contributed by atoms with Crippen LogP contribution in [0.1, 0.15) is 72.3 Å². The van der Waals surface area contributed by atoms with Gasteiger partial charge in [0.1, 0.15) is 5.75 Å². The number of imide groups is 1. The van der Waals surface area contributed by atoms with E-state index >= 15 is 0 Å². The fraction of sp³-hybridized carbons (Fsp3) is 0.353. The van der Waals surface area contributed by atoms with Gasteiger partial charge in [-0.15, -0.1) is 0 Å². The number of fused-ring (bicyclic) bond motifs is 1. The van der Waals surface area contributed by atoms with Crippen molar-refractivity contribution in [3.8, 4) is 5.75 Å². The smallest absolute Gasteiger partial charge is 0.261 e. The Morgan fingerprint density at radius 1 is 0.932 bits per heavy atom. The molecule has 2 aliphatic rings. The van der Waals surface area contributed by atoms with Crippen LogP contribution in [0, 0.1) is 0 Å². The lowest BCUT2D eigenvalue weighted by Gasteiger charge is -2.33. The van der Waals surface area contributed by atoms with Crippen LogP contribution >= 0.6 is 0 Å². The van der Waals surface area contributed by atoms with Crippen LogP contribution in [0.4, 0.5) is 0 Å². The standard InChI is InChI=1S/C34H37N3O7/c1-3-23-18-24(19-28(32(39)35-2)30(23)42-17-15-22-10-5-4-6-11-22)31(38)36-16-9-14-29-43-20-25(21-44-29)37-33(40)26-12-7-8-13-27(26)34(37)41/h4-8,10-13,18-19,25,29H,3,9,14-17,20-21H2,1-2H3,(H,35,39)(H,36,38)/t25-,29-. The van der Waals surface area contributed by atoms with Gasteiger partial charge in [0.15, 0.2) is 6.29 Å². The van der Waals surface area contributed by atoms with Crippen molar-refractivity contribution in [3.05, 3.63) is 100 Å². The molecular formula is C34H37N3O7. The Balaban J connectivity index is 1.11. The van der Waals surface area contributed by atoms with Crippen LogP contribution in [0.3, 0.4) is 0 Å². The number of hydrogen-bond acceptors (Lipinski definition) is 7. The molecule has 10 heteroatoms. The molecule has 0 saturated carbocycles. The molecule has 230 valence electrons. The molecule has 44 heavy (non-hydrogen) atoms. The average Bonchev–Trinajstić information content (AvgIpc) is 3.32. The van der Waals surface area contributed by atoms with Gasteiger partial charge in [0, 0.05) is 32.0 Å². The number of rotatable bonds is 12. The molecule has 2 N–H and O–H groups in total. The largest absolute Gasteiger partial charge is 0.492 e. The van der Waals surface area contributed by atoms with Gasteiger partial charge in [-0.05, 0) is 48.2 Å². The van der Waals surface area contributed by atoms with E-state index in [4.69, 9.17) is 14.2 Å². The van der Waals surface area contributed by atoms with Gasteiger partial charge in [-0.3, -0.25) is 24.1 Å². The minimum atomic E-state index is -0.503. The Labute approximate surface area is 256 Å². The number of benzene rings is 3. The Morgan fingerprint density at radius 2 is 1.59 bits per heavy atom. The molecule has 5 rings (SSSR count). The predicted molar refractivity (Wildman–Crippen MR) is 163 cm³/mol. The van der Waals surface area contributed by atoms with Crippen LogP contribution in [0.5, 0.6) is 5.75 Å². The van der Waals surface area contributed by atoms with Crippen LogP contribution in [0.25, 0.3) is 0 Å². The number of nitrogens with one attached hydrogen (secondary N) is 2. The molecule has 0 spiro atoms. The van der Waals surface area contributed by atoms with E-state index in [1.54, 1.807) is 43.4 Å². The summed E-state index contributed by atoms with van der Waals surface area (Å²) in [5.41, 5.74) is 3.41. The quantitative estimate of drug-likeness (QED) is 0.240. The van der Waals surface area contributed by atoms with Crippen LogP contribution in [0.15, 0.2) is 66.7 Å². The van der Waals surface area contributed by atoms with Crippen LogP contribution < -0.4 is 15.4 Å². The van der Waals surface area contributed by atoms with Gasteiger partial charge in [0.25, 0.3) is 23.6 Å². The summed E-state index contributed by atoms with van der Waals surface area (Å²) in [6, 6.07) is 19.6.